The minimum absolute atomic E-state index is 0.00265. The van der Waals surface area contributed by atoms with Crippen LogP contribution in [0, 0.1) is 44.6 Å². The molecular weight excluding hydrogens is 545 g/mol. The highest BCUT2D eigenvalue weighted by Gasteiger charge is 2.68. The van der Waals surface area contributed by atoms with E-state index < -0.39 is 39.8 Å². The lowest BCUT2D eigenvalue weighted by molar-refractivity contribution is -0.385. The number of hydrogen-bond donors (Lipinski definition) is 2. The quantitative estimate of drug-likeness (QED) is 0.349. The highest BCUT2D eigenvalue weighted by molar-refractivity contribution is 6.42. The van der Waals surface area contributed by atoms with Crippen molar-refractivity contribution in [1.82, 2.24) is 0 Å². The molecule has 0 aromatic heterocycles. The number of Topliss-reactive ketones (excluding diaryl/α,β-unsaturated/α-hetero) is 1. The molecule has 210 valence electrons. The van der Waals surface area contributed by atoms with Crippen molar-refractivity contribution in [2.75, 3.05) is 6.61 Å². The van der Waals surface area contributed by atoms with Gasteiger partial charge in [-0.15, -0.1) is 0 Å². The Labute approximate surface area is 237 Å². The fourth-order valence-electron chi connectivity index (χ4n) is 8.45. The van der Waals surface area contributed by atoms with E-state index in [2.05, 4.69) is 13.8 Å². The summed E-state index contributed by atoms with van der Waals surface area (Å²) in [7, 11) is 0. The SMILES string of the molecule is CC1C[C@@H]2[C@H](C(O)C[C@@]3(C)[C@H]2CC[C@]3(O)C(=O)COCc2cc(Cl)c(Cl)cc2[N+](=O)[O-])[C@@]2(C)C=CC(=O)C=C12. The number of ether oxygens (including phenoxy) is 1. The predicted octanol–water partition coefficient (Wildman–Crippen LogP) is 5.24. The summed E-state index contributed by atoms with van der Waals surface area (Å²) in [4.78, 5) is 36.5. The van der Waals surface area contributed by atoms with E-state index in [9.17, 15) is 29.9 Å². The van der Waals surface area contributed by atoms with Gasteiger partial charge in [-0.1, -0.05) is 55.6 Å². The van der Waals surface area contributed by atoms with Gasteiger partial charge in [-0.2, -0.15) is 0 Å². The average Bonchev–Trinajstić information content (AvgIpc) is 3.13. The molecule has 0 radical (unpaired) electrons. The third-order valence-electron chi connectivity index (χ3n) is 10.2. The summed E-state index contributed by atoms with van der Waals surface area (Å²) in [6, 6.07) is 2.48. The van der Waals surface area contributed by atoms with E-state index in [1.54, 1.807) is 12.2 Å². The zero-order valence-electron chi connectivity index (χ0n) is 22.2. The fourth-order valence-corrected chi connectivity index (χ4v) is 8.79. The number of carbonyl (C=O) groups excluding carboxylic acids is 2. The molecule has 39 heavy (non-hydrogen) atoms. The first-order valence-corrected chi connectivity index (χ1v) is 14.1. The number of allylic oxidation sites excluding steroid dienone is 4. The molecule has 3 saturated carbocycles. The third-order valence-corrected chi connectivity index (χ3v) is 11.0. The molecule has 8 atom stereocenters. The van der Waals surface area contributed by atoms with Crippen LogP contribution in [0.3, 0.4) is 0 Å². The smallest absolute Gasteiger partial charge is 0.276 e. The number of nitro groups is 1. The van der Waals surface area contributed by atoms with Crippen molar-refractivity contribution in [3.05, 3.63) is 61.7 Å². The molecule has 10 heteroatoms. The molecule has 0 aliphatic heterocycles. The minimum Gasteiger partial charge on any atom is -0.393 e. The summed E-state index contributed by atoms with van der Waals surface area (Å²) in [6.07, 6.45) is 6.37. The molecule has 0 spiro atoms. The molecule has 8 nitrogen and oxygen atoms in total. The number of aliphatic hydroxyl groups excluding tert-OH is 1. The second-order valence-corrected chi connectivity index (χ2v) is 13.0. The van der Waals surface area contributed by atoms with Crippen LogP contribution in [-0.2, 0) is 20.9 Å². The van der Waals surface area contributed by atoms with Crippen LogP contribution in [0.15, 0.2) is 35.9 Å². The predicted molar refractivity (Wildman–Crippen MR) is 145 cm³/mol. The van der Waals surface area contributed by atoms with Crippen molar-refractivity contribution in [2.24, 2.45) is 34.5 Å². The van der Waals surface area contributed by atoms with Crippen molar-refractivity contribution in [1.29, 1.82) is 0 Å². The number of fused-ring (bicyclic) bond motifs is 5. The number of halogens is 2. The van der Waals surface area contributed by atoms with Crippen LogP contribution in [0.5, 0.6) is 0 Å². The van der Waals surface area contributed by atoms with Crippen LogP contribution < -0.4 is 0 Å². The zero-order chi connectivity index (χ0) is 28.5. The molecule has 3 fully saturated rings. The molecule has 2 unspecified atom stereocenters. The van der Waals surface area contributed by atoms with Crippen molar-refractivity contribution < 1.29 is 29.5 Å². The van der Waals surface area contributed by atoms with E-state index in [0.29, 0.717) is 6.42 Å². The molecule has 0 heterocycles. The lowest BCUT2D eigenvalue weighted by Crippen LogP contribution is -2.62. The Bertz CT molecular complexity index is 1310. The van der Waals surface area contributed by atoms with Gasteiger partial charge < -0.3 is 14.9 Å². The number of carbonyl (C=O) groups is 2. The van der Waals surface area contributed by atoms with Gasteiger partial charge in [-0.05, 0) is 61.7 Å². The first kappa shape index (κ1) is 28.4. The third kappa shape index (κ3) is 4.30. The van der Waals surface area contributed by atoms with Gasteiger partial charge in [0.2, 0.25) is 0 Å². The molecule has 0 saturated heterocycles. The lowest BCUT2D eigenvalue weighted by atomic mass is 9.45. The Kier molecular flexibility index (Phi) is 7.12. The van der Waals surface area contributed by atoms with Crippen LogP contribution in [-0.4, -0.2) is 45.0 Å². The molecule has 5 rings (SSSR count). The summed E-state index contributed by atoms with van der Waals surface area (Å²) in [5, 5.41) is 35.0. The van der Waals surface area contributed by atoms with Crippen molar-refractivity contribution in [2.45, 2.75) is 64.8 Å². The van der Waals surface area contributed by atoms with E-state index in [1.165, 1.54) is 6.07 Å². The van der Waals surface area contributed by atoms with Crippen LogP contribution >= 0.6 is 23.2 Å². The van der Waals surface area contributed by atoms with E-state index in [-0.39, 0.29) is 70.2 Å². The minimum atomic E-state index is -1.70. The van der Waals surface area contributed by atoms with E-state index in [0.717, 1.165) is 18.1 Å². The number of hydrogen-bond acceptors (Lipinski definition) is 7. The molecule has 4 aliphatic carbocycles. The van der Waals surface area contributed by atoms with Gasteiger partial charge in [0.1, 0.15) is 12.2 Å². The highest BCUT2D eigenvalue weighted by Crippen LogP contribution is 2.67. The van der Waals surface area contributed by atoms with E-state index in [1.807, 2.05) is 13.0 Å². The van der Waals surface area contributed by atoms with Gasteiger partial charge in [0.25, 0.3) is 5.69 Å². The van der Waals surface area contributed by atoms with Crippen molar-refractivity contribution in [3.8, 4) is 0 Å². The Morgan fingerprint density at radius 1 is 1.26 bits per heavy atom. The van der Waals surface area contributed by atoms with Gasteiger partial charge in [-0.25, -0.2) is 0 Å². The van der Waals surface area contributed by atoms with E-state index >= 15 is 0 Å². The Morgan fingerprint density at radius 3 is 2.64 bits per heavy atom. The number of aliphatic hydroxyl groups is 2. The maximum absolute atomic E-state index is 13.5. The van der Waals surface area contributed by atoms with Crippen molar-refractivity contribution in [3.63, 3.8) is 0 Å². The lowest BCUT2D eigenvalue weighted by Gasteiger charge is -2.60. The molecule has 1 aromatic rings. The number of nitrogens with zero attached hydrogens (tertiary/aromatic N) is 1. The number of benzene rings is 1. The Morgan fingerprint density at radius 2 is 1.95 bits per heavy atom. The molecule has 4 aliphatic rings. The van der Waals surface area contributed by atoms with Crippen molar-refractivity contribution >= 4 is 40.5 Å². The number of ketones is 2. The molecule has 2 N–H and O–H groups in total. The summed E-state index contributed by atoms with van der Waals surface area (Å²) in [6.45, 7) is 5.39. The topological polar surface area (TPSA) is 127 Å². The van der Waals surface area contributed by atoms with Gasteiger partial charge >= 0.3 is 0 Å². The molecule has 1 aromatic carbocycles. The van der Waals surface area contributed by atoms with Gasteiger partial charge in [0.15, 0.2) is 11.6 Å². The molecular formula is C29H33Cl2NO7. The van der Waals surface area contributed by atoms with Gasteiger partial charge in [0, 0.05) is 22.8 Å². The van der Waals surface area contributed by atoms with Crippen LogP contribution in [0.2, 0.25) is 10.0 Å². The maximum Gasteiger partial charge on any atom is 0.276 e. The standard InChI is InChI=1S/C29H33Cl2NO7/c1-15-8-18-19-5-7-29(36,25(35)14-39-13-16-9-21(30)22(31)11-23(16)32(37)38)28(19,3)12-24(34)26(18)27(2)6-4-17(33)10-20(15)27/h4,6,9-11,15,18-19,24,26,34,36H,5,7-8,12-14H2,1-3H3/t15?,18-,19-,24?,26+,27-,28-,29-/m0/s1. The fraction of sp³-hybridized carbons (Fsp3) is 0.586. The maximum atomic E-state index is 13.5. The average molecular weight is 578 g/mol. The second kappa shape index (κ2) is 9.77. The zero-order valence-corrected chi connectivity index (χ0v) is 23.7. The molecule has 0 amide bonds. The molecule has 0 bridgehead atoms. The second-order valence-electron chi connectivity index (χ2n) is 12.2. The normalized spacial score (nSPS) is 39.0. The van der Waals surface area contributed by atoms with Gasteiger partial charge in [-0.3, -0.25) is 19.7 Å². The number of nitro benzene ring substituents is 1. The summed E-state index contributed by atoms with van der Waals surface area (Å²) in [5.74, 6) is -0.450. The summed E-state index contributed by atoms with van der Waals surface area (Å²) in [5.41, 5.74) is -2.07. The van der Waals surface area contributed by atoms with Crippen LogP contribution in [0.25, 0.3) is 0 Å². The van der Waals surface area contributed by atoms with Crippen LogP contribution in [0.1, 0.15) is 52.0 Å². The highest BCUT2D eigenvalue weighted by atomic mass is 35.5. The van der Waals surface area contributed by atoms with Gasteiger partial charge in [0.05, 0.1) is 33.2 Å². The largest absolute Gasteiger partial charge is 0.393 e. The van der Waals surface area contributed by atoms with E-state index in [4.69, 9.17) is 27.9 Å². The monoisotopic (exact) mass is 577 g/mol. The Hall–Kier alpha value is -2.10. The Balaban J connectivity index is 1.36. The first-order chi connectivity index (χ1) is 18.2. The summed E-state index contributed by atoms with van der Waals surface area (Å²) < 4.78 is 5.59. The summed E-state index contributed by atoms with van der Waals surface area (Å²) >= 11 is 11.9. The first-order valence-electron chi connectivity index (χ1n) is 13.3. The number of rotatable bonds is 6. The van der Waals surface area contributed by atoms with Crippen LogP contribution in [0.4, 0.5) is 5.69 Å².